The quantitative estimate of drug-likeness (QED) is 0.567. The second kappa shape index (κ2) is 5.32. The second-order valence-electron chi connectivity index (χ2n) is 1.70. The van der Waals surface area contributed by atoms with E-state index in [0.717, 1.165) is 5.57 Å². The lowest BCUT2D eigenvalue weighted by Gasteiger charge is -1.86. The van der Waals surface area contributed by atoms with Gasteiger partial charge in [0.1, 0.15) is 0 Å². The fourth-order valence-corrected chi connectivity index (χ4v) is 0.355. The summed E-state index contributed by atoms with van der Waals surface area (Å²) in [5, 5.41) is 8.46. The van der Waals surface area contributed by atoms with Crippen molar-refractivity contribution in [2.24, 2.45) is 0 Å². The van der Waals surface area contributed by atoms with Crippen LogP contribution in [0.1, 0.15) is 6.92 Å². The first-order valence-electron chi connectivity index (χ1n) is 2.89. The van der Waals surface area contributed by atoms with Gasteiger partial charge in [0, 0.05) is 0 Å². The van der Waals surface area contributed by atoms with Gasteiger partial charge in [-0.1, -0.05) is 30.9 Å². The predicted octanol–water partition coefficient (Wildman–Crippen LogP) is 1.67. The van der Waals surface area contributed by atoms with Gasteiger partial charge in [-0.15, -0.1) is 0 Å². The van der Waals surface area contributed by atoms with Gasteiger partial charge in [-0.2, -0.15) is 0 Å². The van der Waals surface area contributed by atoms with Crippen molar-refractivity contribution in [2.75, 3.05) is 6.61 Å². The SMILES string of the molecule is C=C(/C=C\C=C\C)CO. The first-order chi connectivity index (χ1) is 4.31. The summed E-state index contributed by atoms with van der Waals surface area (Å²) in [5.41, 5.74) is 0.730. The zero-order valence-corrected chi connectivity index (χ0v) is 5.67. The zero-order chi connectivity index (χ0) is 7.11. The Kier molecular flexibility index (Phi) is 4.83. The Morgan fingerprint density at radius 1 is 1.56 bits per heavy atom. The van der Waals surface area contributed by atoms with Crippen molar-refractivity contribution in [1.29, 1.82) is 0 Å². The number of aliphatic hydroxyl groups excluding tert-OH is 1. The summed E-state index contributed by atoms with van der Waals surface area (Å²) in [7, 11) is 0. The van der Waals surface area contributed by atoms with Crippen molar-refractivity contribution in [3.8, 4) is 0 Å². The van der Waals surface area contributed by atoms with Crippen LogP contribution in [-0.2, 0) is 0 Å². The van der Waals surface area contributed by atoms with Gasteiger partial charge in [0.15, 0.2) is 0 Å². The van der Waals surface area contributed by atoms with E-state index >= 15 is 0 Å². The van der Waals surface area contributed by atoms with Gasteiger partial charge in [-0.3, -0.25) is 0 Å². The highest BCUT2D eigenvalue weighted by molar-refractivity contribution is 5.18. The summed E-state index contributed by atoms with van der Waals surface area (Å²) >= 11 is 0. The van der Waals surface area contributed by atoms with Crippen LogP contribution in [-0.4, -0.2) is 11.7 Å². The lowest BCUT2D eigenvalue weighted by molar-refractivity contribution is 0.335. The molecule has 1 N–H and O–H groups in total. The Labute approximate surface area is 56.0 Å². The highest BCUT2D eigenvalue weighted by Crippen LogP contribution is 1.89. The molecule has 0 aromatic carbocycles. The van der Waals surface area contributed by atoms with Crippen LogP contribution in [0.2, 0.25) is 0 Å². The normalized spacial score (nSPS) is 11.3. The van der Waals surface area contributed by atoms with E-state index in [1.807, 2.05) is 25.2 Å². The van der Waals surface area contributed by atoms with Crippen LogP contribution >= 0.6 is 0 Å². The van der Waals surface area contributed by atoms with Gasteiger partial charge in [0.2, 0.25) is 0 Å². The topological polar surface area (TPSA) is 20.2 Å². The molecule has 0 aliphatic rings. The third-order valence-corrected chi connectivity index (χ3v) is 0.839. The monoisotopic (exact) mass is 124 g/mol. The van der Waals surface area contributed by atoms with Crippen molar-refractivity contribution in [1.82, 2.24) is 0 Å². The molecule has 0 amide bonds. The summed E-state index contributed by atoms with van der Waals surface area (Å²) in [4.78, 5) is 0. The van der Waals surface area contributed by atoms with Gasteiger partial charge >= 0.3 is 0 Å². The van der Waals surface area contributed by atoms with Crippen LogP contribution in [0, 0.1) is 0 Å². The van der Waals surface area contributed by atoms with Crippen molar-refractivity contribution < 1.29 is 5.11 Å². The molecule has 9 heavy (non-hydrogen) atoms. The molecule has 0 bridgehead atoms. The fraction of sp³-hybridized carbons (Fsp3) is 0.250. The van der Waals surface area contributed by atoms with Crippen molar-refractivity contribution in [3.63, 3.8) is 0 Å². The standard InChI is InChI=1S/C8H12O/c1-3-4-5-6-8(2)7-9/h3-6,9H,2,7H2,1H3/b4-3+,6-5-. The minimum Gasteiger partial charge on any atom is -0.392 e. The highest BCUT2D eigenvalue weighted by atomic mass is 16.3. The molecule has 0 rings (SSSR count). The second-order valence-corrected chi connectivity index (χ2v) is 1.70. The summed E-state index contributed by atoms with van der Waals surface area (Å²) in [5.74, 6) is 0. The third-order valence-electron chi connectivity index (χ3n) is 0.839. The Bertz CT molecular complexity index is 132. The zero-order valence-electron chi connectivity index (χ0n) is 5.67. The smallest absolute Gasteiger partial charge is 0.0676 e. The van der Waals surface area contributed by atoms with E-state index in [9.17, 15) is 0 Å². The molecule has 0 saturated carbocycles. The maximum Gasteiger partial charge on any atom is 0.0676 e. The van der Waals surface area contributed by atoms with E-state index in [1.54, 1.807) is 6.08 Å². The molecular formula is C8H12O. The van der Waals surface area contributed by atoms with Crippen LogP contribution in [0.15, 0.2) is 36.5 Å². The van der Waals surface area contributed by atoms with E-state index in [2.05, 4.69) is 6.58 Å². The number of hydrogen-bond acceptors (Lipinski definition) is 1. The Balaban J connectivity index is 3.57. The van der Waals surface area contributed by atoms with Gasteiger partial charge in [-0.25, -0.2) is 0 Å². The average molecular weight is 124 g/mol. The van der Waals surface area contributed by atoms with E-state index in [1.165, 1.54) is 0 Å². The molecule has 0 aliphatic carbocycles. The first-order valence-corrected chi connectivity index (χ1v) is 2.89. The summed E-state index contributed by atoms with van der Waals surface area (Å²) in [6.45, 7) is 5.55. The Morgan fingerprint density at radius 2 is 2.22 bits per heavy atom. The van der Waals surface area contributed by atoms with Crippen molar-refractivity contribution >= 4 is 0 Å². The van der Waals surface area contributed by atoms with Crippen LogP contribution < -0.4 is 0 Å². The maximum absolute atomic E-state index is 8.46. The van der Waals surface area contributed by atoms with Gasteiger partial charge in [0.05, 0.1) is 6.61 Å². The number of rotatable bonds is 3. The Hall–Kier alpha value is -0.820. The maximum atomic E-state index is 8.46. The van der Waals surface area contributed by atoms with Gasteiger partial charge in [-0.05, 0) is 12.5 Å². The highest BCUT2D eigenvalue weighted by Gasteiger charge is 1.77. The van der Waals surface area contributed by atoms with Crippen LogP contribution in [0.25, 0.3) is 0 Å². The molecule has 0 saturated heterocycles. The molecule has 0 radical (unpaired) electrons. The lowest BCUT2D eigenvalue weighted by atomic mass is 10.3. The number of allylic oxidation sites excluding steroid dienone is 3. The lowest BCUT2D eigenvalue weighted by Crippen LogP contribution is -1.80. The molecule has 0 aromatic heterocycles. The van der Waals surface area contributed by atoms with Crippen LogP contribution in [0.3, 0.4) is 0 Å². The minimum atomic E-state index is 0.0358. The largest absolute Gasteiger partial charge is 0.392 e. The average Bonchev–Trinajstić information content (AvgIpc) is 1.89. The molecule has 50 valence electrons. The van der Waals surface area contributed by atoms with E-state index in [4.69, 9.17) is 5.11 Å². The van der Waals surface area contributed by atoms with Crippen molar-refractivity contribution in [3.05, 3.63) is 36.5 Å². The molecule has 0 aliphatic heterocycles. The van der Waals surface area contributed by atoms with E-state index in [-0.39, 0.29) is 6.61 Å². The van der Waals surface area contributed by atoms with Gasteiger partial charge < -0.3 is 5.11 Å². The Morgan fingerprint density at radius 3 is 2.67 bits per heavy atom. The predicted molar refractivity (Wildman–Crippen MR) is 40.2 cm³/mol. The summed E-state index contributed by atoms with van der Waals surface area (Å²) in [6.07, 6.45) is 7.43. The molecule has 0 aromatic rings. The van der Waals surface area contributed by atoms with Crippen molar-refractivity contribution in [2.45, 2.75) is 6.92 Å². The molecule has 1 heteroatoms. The summed E-state index contributed by atoms with van der Waals surface area (Å²) < 4.78 is 0. The van der Waals surface area contributed by atoms with Crippen LogP contribution in [0.5, 0.6) is 0 Å². The minimum absolute atomic E-state index is 0.0358. The molecule has 0 unspecified atom stereocenters. The summed E-state index contributed by atoms with van der Waals surface area (Å²) in [6, 6.07) is 0. The fourth-order valence-electron chi connectivity index (χ4n) is 0.355. The van der Waals surface area contributed by atoms with Gasteiger partial charge in [0.25, 0.3) is 0 Å². The van der Waals surface area contributed by atoms with E-state index < -0.39 is 0 Å². The molecule has 0 fully saturated rings. The molecule has 0 heterocycles. The molecular weight excluding hydrogens is 112 g/mol. The molecule has 1 nitrogen and oxygen atoms in total. The van der Waals surface area contributed by atoms with Crippen LogP contribution in [0.4, 0.5) is 0 Å². The molecule has 0 spiro atoms. The molecule has 0 atom stereocenters. The first kappa shape index (κ1) is 8.18. The third kappa shape index (κ3) is 5.04. The number of hydrogen-bond donors (Lipinski definition) is 1. The van der Waals surface area contributed by atoms with E-state index in [0.29, 0.717) is 0 Å². The number of aliphatic hydroxyl groups is 1.